The highest BCUT2D eigenvalue weighted by Gasteiger charge is 2.49. The molecule has 4 heteroatoms. The summed E-state index contributed by atoms with van der Waals surface area (Å²) in [7, 11) is 0. The van der Waals surface area contributed by atoms with Gasteiger partial charge in [0.25, 0.3) is 0 Å². The molecule has 0 amide bonds. The van der Waals surface area contributed by atoms with Gasteiger partial charge in [0.05, 0.1) is 20.6 Å². The predicted molar refractivity (Wildman–Crippen MR) is 109 cm³/mol. The molecular formula is C22H24N2OS. The average Bonchev–Trinajstić information content (AvgIpc) is 3.28. The molecule has 1 spiro atoms. The van der Waals surface area contributed by atoms with Gasteiger partial charge in [0.2, 0.25) is 0 Å². The van der Waals surface area contributed by atoms with Crippen LogP contribution in [0.4, 0.5) is 5.69 Å². The normalized spacial score (nSPS) is 20.6. The maximum Gasteiger partial charge on any atom is 0.125 e. The molecule has 26 heavy (non-hydrogen) atoms. The summed E-state index contributed by atoms with van der Waals surface area (Å²) in [6.07, 6.45) is 3.80. The quantitative estimate of drug-likeness (QED) is 0.588. The Hall–Kier alpha value is -2.07. The SMILES string of the molecule is CCCCCN1CC2(COc3cc4nc(C)sc4cc32)c2ccccc21. The minimum absolute atomic E-state index is 0.0375. The number of unbranched alkanes of at least 4 members (excludes halogenated alkanes) is 2. The third kappa shape index (κ3) is 2.28. The fourth-order valence-corrected chi connectivity index (χ4v) is 5.45. The van der Waals surface area contributed by atoms with Crippen LogP contribution in [-0.4, -0.2) is 24.7 Å². The van der Waals surface area contributed by atoms with Gasteiger partial charge in [0, 0.05) is 30.4 Å². The van der Waals surface area contributed by atoms with Gasteiger partial charge in [-0.3, -0.25) is 0 Å². The average molecular weight is 365 g/mol. The van der Waals surface area contributed by atoms with E-state index < -0.39 is 0 Å². The molecule has 0 bridgehead atoms. The van der Waals surface area contributed by atoms with Crippen LogP contribution in [0.1, 0.15) is 42.3 Å². The molecule has 0 saturated heterocycles. The number of rotatable bonds is 4. The molecule has 3 aromatic rings. The lowest BCUT2D eigenvalue weighted by atomic mass is 9.78. The Labute approximate surface area is 158 Å². The van der Waals surface area contributed by atoms with Crippen LogP contribution in [0.3, 0.4) is 0 Å². The standard InChI is InChI=1S/C22H24N2OS/c1-3-4-7-10-24-13-22(16-8-5-6-9-19(16)24)14-25-20-12-18-21(11-17(20)22)26-15(2)23-18/h5-6,8-9,11-12H,3-4,7,10,13-14H2,1-2H3. The van der Waals surface area contributed by atoms with E-state index in [2.05, 4.69) is 60.1 Å². The molecular weight excluding hydrogens is 340 g/mol. The smallest absolute Gasteiger partial charge is 0.125 e. The predicted octanol–water partition coefficient (Wildman–Crippen LogP) is 5.29. The fourth-order valence-electron chi connectivity index (χ4n) is 4.60. The van der Waals surface area contributed by atoms with Crippen LogP contribution in [0.2, 0.25) is 0 Å². The largest absolute Gasteiger partial charge is 0.492 e. The lowest BCUT2D eigenvalue weighted by molar-refractivity contribution is 0.299. The zero-order chi connectivity index (χ0) is 17.7. The van der Waals surface area contributed by atoms with E-state index in [1.54, 1.807) is 11.3 Å². The molecule has 3 nitrogen and oxygen atoms in total. The monoisotopic (exact) mass is 364 g/mol. The Bertz CT molecular complexity index is 979. The molecule has 2 aromatic carbocycles. The molecule has 3 heterocycles. The van der Waals surface area contributed by atoms with E-state index in [1.165, 1.54) is 40.8 Å². The Balaban J connectivity index is 1.61. The van der Waals surface area contributed by atoms with Crippen LogP contribution in [-0.2, 0) is 5.41 Å². The summed E-state index contributed by atoms with van der Waals surface area (Å²) < 4.78 is 7.49. The number of thiazole rings is 1. The number of aromatic nitrogens is 1. The zero-order valence-corrected chi connectivity index (χ0v) is 16.2. The van der Waals surface area contributed by atoms with E-state index >= 15 is 0 Å². The summed E-state index contributed by atoms with van der Waals surface area (Å²) in [5, 5.41) is 1.12. The number of ether oxygens (including phenoxy) is 1. The van der Waals surface area contributed by atoms with Gasteiger partial charge in [0.15, 0.2) is 0 Å². The van der Waals surface area contributed by atoms with E-state index in [-0.39, 0.29) is 5.41 Å². The molecule has 0 fully saturated rings. The van der Waals surface area contributed by atoms with Crippen molar-refractivity contribution in [1.82, 2.24) is 4.98 Å². The van der Waals surface area contributed by atoms with E-state index in [0.29, 0.717) is 0 Å². The highest BCUT2D eigenvalue weighted by atomic mass is 32.1. The first-order valence-corrected chi connectivity index (χ1v) is 10.4. The van der Waals surface area contributed by atoms with Gasteiger partial charge in [-0.05, 0) is 31.0 Å². The topological polar surface area (TPSA) is 25.4 Å². The van der Waals surface area contributed by atoms with Gasteiger partial charge in [-0.1, -0.05) is 38.0 Å². The number of anilines is 1. The highest BCUT2D eigenvalue weighted by molar-refractivity contribution is 7.18. The van der Waals surface area contributed by atoms with Crippen molar-refractivity contribution in [3.8, 4) is 5.75 Å². The summed E-state index contributed by atoms with van der Waals surface area (Å²) in [6.45, 7) is 7.23. The van der Waals surface area contributed by atoms with Crippen LogP contribution < -0.4 is 9.64 Å². The number of aryl methyl sites for hydroxylation is 1. The second-order valence-electron chi connectivity index (χ2n) is 7.57. The lowest BCUT2D eigenvalue weighted by Crippen LogP contribution is -2.36. The van der Waals surface area contributed by atoms with E-state index in [1.807, 2.05) is 0 Å². The van der Waals surface area contributed by atoms with Crippen molar-refractivity contribution in [3.63, 3.8) is 0 Å². The summed E-state index contributed by atoms with van der Waals surface area (Å²) in [5.74, 6) is 1.02. The molecule has 2 aliphatic heterocycles. The van der Waals surface area contributed by atoms with Crippen molar-refractivity contribution >= 4 is 27.2 Å². The van der Waals surface area contributed by atoms with Crippen molar-refractivity contribution in [3.05, 3.63) is 52.5 Å². The third-order valence-corrected chi connectivity index (χ3v) is 6.77. The Morgan fingerprint density at radius 1 is 1.19 bits per heavy atom. The summed E-state index contributed by atoms with van der Waals surface area (Å²) in [6, 6.07) is 13.4. The maximum atomic E-state index is 6.22. The van der Waals surface area contributed by atoms with Gasteiger partial charge in [-0.15, -0.1) is 11.3 Å². The fraction of sp³-hybridized carbons (Fsp3) is 0.409. The van der Waals surface area contributed by atoms with E-state index in [4.69, 9.17) is 4.74 Å². The molecule has 2 aliphatic rings. The Kier molecular flexibility index (Phi) is 3.71. The summed E-state index contributed by atoms with van der Waals surface area (Å²) in [4.78, 5) is 7.22. The molecule has 1 unspecified atom stereocenters. The van der Waals surface area contributed by atoms with Crippen LogP contribution in [0.15, 0.2) is 36.4 Å². The van der Waals surface area contributed by atoms with Crippen molar-refractivity contribution in [2.75, 3.05) is 24.6 Å². The number of hydrogen-bond donors (Lipinski definition) is 0. The molecule has 0 N–H and O–H groups in total. The second-order valence-corrected chi connectivity index (χ2v) is 8.80. The maximum absolute atomic E-state index is 6.22. The lowest BCUT2D eigenvalue weighted by Gasteiger charge is -2.25. The molecule has 0 aliphatic carbocycles. The second kappa shape index (κ2) is 5.98. The molecule has 0 radical (unpaired) electrons. The number of para-hydroxylation sites is 1. The van der Waals surface area contributed by atoms with Crippen LogP contribution in [0, 0.1) is 6.92 Å². The number of hydrogen-bond acceptors (Lipinski definition) is 4. The van der Waals surface area contributed by atoms with Gasteiger partial charge in [-0.2, -0.15) is 0 Å². The minimum atomic E-state index is -0.0375. The van der Waals surface area contributed by atoms with Gasteiger partial charge >= 0.3 is 0 Å². The first-order chi connectivity index (χ1) is 12.7. The molecule has 1 aromatic heterocycles. The van der Waals surface area contributed by atoms with Crippen molar-refractivity contribution in [1.29, 1.82) is 0 Å². The zero-order valence-electron chi connectivity index (χ0n) is 15.4. The molecule has 5 rings (SSSR count). The number of fused-ring (bicyclic) bond motifs is 5. The van der Waals surface area contributed by atoms with Crippen molar-refractivity contribution in [2.45, 2.75) is 38.5 Å². The highest BCUT2D eigenvalue weighted by Crippen LogP contribution is 2.52. The van der Waals surface area contributed by atoms with Gasteiger partial charge < -0.3 is 9.64 Å². The van der Waals surface area contributed by atoms with Crippen LogP contribution in [0.25, 0.3) is 10.2 Å². The van der Waals surface area contributed by atoms with Gasteiger partial charge in [-0.25, -0.2) is 4.98 Å². The van der Waals surface area contributed by atoms with Crippen molar-refractivity contribution in [2.24, 2.45) is 0 Å². The number of nitrogens with zero attached hydrogens (tertiary/aromatic N) is 2. The summed E-state index contributed by atoms with van der Waals surface area (Å²) in [5.41, 5.74) is 5.19. The van der Waals surface area contributed by atoms with E-state index in [9.17, 15) is 0 Å². The third-order valence-electron chi connectivity index (χ3n) is 5.84. The molecule has 1 atom stereocenters. The van der Waals surface area contributed by atoms with Gasteiger partial charge in [0.1, 0.15) is 12.4 Å². The Morgan fingerprint density at radius 2 is 2.08 bits per heavy atom. The minimum Gasteiger partial charge on any atom is -0.492 e. The van der Waals surface area contributed by atoms with E-state index in [0.717, 1.165) is 36.0 Å². The Morgan fingerprint density at radius 3 is 2.96 bits per heavy atom. The molecule has 0 saturated carbocycles. The first-order valence-electron chi connectivity index (χ1n) is 9.60. The van der Waals surface area contributed by atoms with Crippen LogP contribution in [0.5, 0.6) is 5.75 Å². The molecule has 134 valence electrons. The van der Waals surface area contributed by atoms with Crippen LogP contribution >= 0.6 is 11.3 Å². The number of benzene rings is 2. The van der Waals surface area contributed by atoms with Crippen molar-refractivity contribution < 1.29 is 4.74 Å². The summed E-state index contributed by atoms with van der Waals surface area (Å²) >= 11 is 1.78. The first kappa shape index (κ1) is 16.1.